The highest BCUT2D eigenvalue weighted by molar-refractivity contribution is 6.24. The third-order valence-electron chi connectivity index (χ3n) is 4.61. The topological polar surface area (TPSA) is 43.4 Å². The largest absolute Gasteiger partial charge is 0.492 e. The lowest BCUT2D eigenvalue weighted by Gasteiger charge is -2.31. The third-order valence-corrected chi connectivity index (χ3v) is 4.61. The van der Waals surface area contributed by atoms with Gasteiger partial charge in [-0.2, -0.15) is 0 Å². The Bertz CT molecular complexity index is 580. The molecule has 2 aliphatic rings. The van der Waals surface area contributed by atoms with E-state index < -0.39 is 0 Å². The van der Waals surface area contributed by atoms with E-state index in [-0.39, 0.29) is 22.7 Å². The second kappa shape index (κ2) is 5.63. The van der Waals surface area contributed by atoms with Gasteiger partial charge in [0.25, 0.3) is 0 Å². The number of carbonyl (C=O) groups excluding carboxylic acids is 2. The Morgan fingerprint density at radius 1 is 1.10 bits per heavy atom. The molecule has 0 aromatic rings. The molecule has 0 unspecified atom stereocenters. The van der Waals surface area contributed by atoms with Gasteiger partial charge in [0.2, 0.25) is 5.78 Å². The minimum Gasteiger partial charge on any atom is -0.492 e. The van der Waals surface area contributed by atoms with Crippen LogP contribution in [0, 0.1) is 5.41 Å². The predicted molar refractivity (Wildman–Crippen MR) is 82.8 cm³/mol. The zero-order chi connectivity index (χ0) is 15.8. The van der Waals surface area contributed by atoms with E-state index in [1.165, 1.54) is 31.9 Å². The summed E-state index contributed by atoms with van der Waals surface area (Å²) in [6, 6.07) is 0. The van der Waals surface area contributed by atoms with Crippen LogP contribution in [0.25, 0.3) is 0 Å². The Morgan fingerprint density at radius 2 is 1.71 bits per heavy atom. The van der Waals surface area contributed by atoms with E-state index in [9.17, 15) is 9.59 Å². The van der Waals surface area contributed by atoms with Gasteiger partial charge in [0.05, 0.1) is 7.11 Å². The van der Waals surface area contributed by atoms with E-state index in [0.29, 0.717) is 16.7 Å². The van der Waals surface area contributed by atoms with Gasteiger partial charge < -0.3 is 4.74 Å². The summed E-state index contributed by atoms with van der Waals surface area (Å²) in [5, 5.41) is 0. The number of allylic oxidation sites excluding steroid dienone is 5. The summed E-state index contributed by atoms with van der Waals surface area (Å²) >= 11 is 0. The molecule has 0 aromatic carbocycles. The summed E-state index contributed by atoms with van der Waals surface area (Å²) < 4.78 is 5.11. The van der Waals surface area contributed by atoms with Crippen LogP contribution in [0.3, 0.4) is 0 Å². The fraction of sp³-hybridized carbons (Fsp3) is 0.556. The summed E-state index contributed by atoms with van der Waals surface area (Å²) in [7, 11) is 1.44. The second-order valence-corrected chi connectivity index (χ2v) is 6.62. The molecule has 21 heavy (non-hydrogen) atoms. The standard InChI is InChI=1S/C18H24O3/c1-11-14(15(19)12(2)17(21-5)16(11)20)18(3,4)10-9-13-7-6-8-13/h9H,6-8,10H2,1-5H3. The molecule has 0 bridgehead atoms. The average molecular weight is 288 g/mol. The number of Topliss-reactive ketones (excluding diaryl/α,β-unsaturated/α-hetero) is 2. The third kappa shape index (κ3) is 2.74. The lowest BCUT2D eigenvalue weighted by Crippen LogP contribution is -2.31. The van der Waals surface area contributed by atoms with E-state index in [1.54, 1.807) is 13.8 Å². The smallest absolute Gasteiger partial charge is 0.224 e. The maximum atomic E-state index is 12.7. The fourth-order valence-electron chi connectivity index (χ4n) is 3.06. The van der Waals surface area contributed by atoms with E-state index in [1.807, 2.05) is 13.8 Å². The number of hydrogen-bond donors (Lipinski definition) is 0. The minimum atomic E-state index is -0.333. The Kier molecular flexibility index (Phi) is 4.22. The quantitative estimate of drug-likeness (QED) is 0.582. The Labute approximate surface area is 126 Å². The average Bonchev–Trinajstić information content (AvgIpc) is 2.35. The van der Waals surface area contributed by atoms with Crippen molar-refractivity contribution in [1.82, 2.24) is 0 Å². The lowest BCUT2D eigenvalue weighted by molar-refractivity contribution is -0.119. The van der Waals surface area contributed by atoms with Gasteiger partial charge in [0, 0.05) is 16.7 Å². The number of rotatable bonds is 4. The Morgan fingerprint density at radius 3 is 2.19 bits per heavy atom. The summed E-state index contributed by atoms with van der Waals surface area (Å²) in [5.74, 6) is -0.0238. The van der Waals surface area contributed by atoms with Crippen molar-refractivity contribution in [1.29, 1.82) is 0 Å². The molecule has 0 aliphatic heterocycles. The zero-order valence-electron chi connectivity index (χ0n) is 13.6. The second-order valence-electron chi connectivity index (χ2n) is 6.62. The van der Waals surface area contributed by atoms with Crippen LogP contribution >= 0.6 is 0 Å². The molecule has 0 N–H and O–H groups in total. The van der Waals surface area contributed by atoms with E-state index in [4.69, 9.17) is 4.74 Å². The molecule has 2 aliphatic carbocycles. The highest BCUT2D eigenvalue weighted by atomic mass is 16.5. The number of hydrogen-bond acceptors (Lipinski definition) is 3. The maximum absolute atomic E-state index is 12.7. The first kappa shape index (κ1) is 15.7. The number of ketones is 2. The van der Waals surface area contributed by atoms with Crippen molar-refractivity contribution in [2.45, 2.75) is 53.4 Å². The number of carbonyl (C=O) groups is 2. The van der Waals surface area contributed by atoms with Crippen molar-refractivity contribution in [3.8, 4) is 0 Å². The van der Waals surface area contributed by atoms with Crippen LogP contribution in [-0.4, -0.2) is 18.7 Å². The van der Waals surface area contributed by atoms with Crippen molar-refractivity contribution < 1.29 is 14.3 Å². The molecule has 1 fully saturated rings. The van der Waals surface area contributed by atoms with Crippen molar-refractivity contribution >= 4 is 11.6 Å². The molecule has 0 heterocycles. The van der Waals surface area contributed by atoms with Crippen LogP contribution in [0.15, 0.2) is 34.1 Å². The van der Waals surface area contributed by atoms with Crippen LogP contribution in [0.5, 0.6) is 0 Å². The van der Waals surface area contributed by atoms with Crippen LogP contribution in [-0.2, 0) is 14.3 Å². The van der Waals surface area contributed by atoms with E-state index in [0.717, 1.165) is 6.42 Å². The predicted octanol–water partition coefficient (Wildman–Crippen LogP) is 3.90. The summed E-state index contributed by atoms with van der Waals surface area (Å²) in [6.07, 6.45) is 6.65. The minimum absolute atomic E-state index is 0.0547. The van der Waals surface area contributed by atoms with Gasteiger partial charge in [-0.1, -0.05) is 25.5 Å². The first-order chi connectivity index (χ1) is 9.79. The van der Waals surface area contributed by atoms with Gasteiger partial charge in [-0.15, -0.1) is 0 Å². The molecular formula is C18H24O3. The van der Waals surface area contributed by atoms with Crippen molar-refractivity contribution in [3.63, 3.8) is 0 Å². The van der Waals surface area contributed by atoms with E-state index >= 15 is 0 Å². The maximum Gasteiger partial charge on any atom is 0.224 e. The molecule has 3 nitrogen and oxygen atoms in total. The molecule has 3 heteroatoms. The molecule has 2 rings (SSSR count). The van der Waals surface area contributed by atoms with Crippen molar-refractivity contribution in [2.75, 3.05) is 7.11 Å². The molecule has 0 atom stereocenters. The lowest BCUT2D eigenvalue weighted by atomic mass is 9.71. The highest BCUT2D eigenvalue weighted by Crippen LogP contribution is 2.40. The number of ether oxygens (including phenoxy) is 1. The molecule has 0 spiro atoms. The zero-order valence-corrected chi connectivity index (χ0v) is 13.6. The normalized spacial score (nSPS) is 20.0. The van der Waals surface area contributed by atoms with E-state index in [2.05, 4.69) is 6.08 Å². The van der Waals surface area contributed by atoms with Crippen molar-refractivity contribution in [2.24, 2.45) is 5.41 Å². The summed E-state index contributed by atoms with van der Waals surface area (Å²) in [6.45, 7) is 7.49. The monoisotopic (exact) mass is 288 g/mol. The van der Waals surface area contributed by atoms with Gasteiger partial charge in [-0.05, 0) is 44.9 Å². The first-order valence-corrected chi connectivity index (χ1v) is 7.53. The van der Waals surface area contributed by atoms with Crippen molar-refractivity contribution in [3.05, 3.63) is 34.1 Å². The van der Waals surface area contributed by atoms with Crippen LogP contribution in [0.1, 0.15) is 53.4 Å². The highest BCUT2D eigenvalue weighted by Gasteiger charge is 2.38. The molecule has 0 amide bonds. The van der Waals surface area contributed by atoms with Gasteiger partial charge in [-0.25, -0.2) is 0 Å². The summed E-state index contributed by atoms with van der Waals surface area (Å²) in [5.41, 5.74) is 2.73. The van der Waals surface area contributed by atoms with Gasteiger partial charge in [0.1, 0.15) is 0 Å². The molecule has 0 saturated heterocycles. The van der Waals surface area contributed by atoms with Gasteiger partial charge in [0.15, 0.2) is 11.5 Å². The molecule has 0 aromatic heterocycles. The Balaban J connectivity index is 2.35. The van der Waals surface area contributed by atoms with Crippen LogP contribution in [0.2, 0.25) is 0 Å². The number of methoxy groups -OCH3 is 1. The summed E-state index contributed by atoms with van der Waals surface area (Å²) in [4.78, 5) is 25.0. The fourth-order valence-corrected chi connectivity index (χ4v) is 3.06. The van der Waals surface area contributed by atoms with Gasteiger partial charge in [-0.3, -0.25) is 9.59 Å². The van der Waals surface area contributed by atoms with Gasteiger partial charge >= 0.3 is 0 Å². The first-order valence-electron chi connectivity index (χ1n) is 7.53. The SMILES string of the molecule is COC1=C(C)C(=O)C(C(C)(C)CC=C2CCC2)=C(C)C1=O. The Hall–Kier alpha value is -1.64. The van der Waals surface area contributed by atoms with Crippen LogP contribution < -0.4 is 0 Å². The molecule has 0 radical (unpaired) electrons. The molecule has 114 valence electrons. The van der Waals surface area contributed by atoms with Crippen LogP contribution in [0.4, 0.5) is 0 Å². The molecular weight excluding hydrogens is 264 g/mol. The molecule has 1 saturated carbocycles.